The van der Waals surface area contributed by atoms with Gasteiger partial charge in [0, 0.05) is 24.1 Å². The number of hydrogen-bond donors (Lipinski definition) is 2. The summed E-state index contributed by atoms with van der Waals surface area (Å²) in [7, 11) is 0. The van der Waals surface area contributed by atoms with Crippen LogP contribution in [0.25, 0.3) is 11.4 Å². The molecule has 0 amide bonds. The summed E-state index contributed by atoms with van der Waals surface area (Å²) in [6.45, 7) is 0.0382. The maximum absolute atomic E-state index is 14.2. The number of hydrogen-bond acceptors (Lipinski definition) is 4. The Hall–Kier alpha value is -2.28. The first-order valence-corrected chi connectivity index (χ1v) is 7.04. The number of aromatic nitrogens is 3. The van der Waals surface area contributed by atoms with E-state index in [2.05, 4.69) is 15.2 Å². The van der Waals surface area contributed by atoms with Crippen molar-refractivity contribution in [3.63, 3.8) is 0 Å². The minimum atomic E-state index is -0.489. The third-order valence-electron chi connectivity index (χ3n) is 3.49. The lowest BCUT2D eigenvalue weighted by molar-refractivity contribution is 0.345. The standard InChI is InChI=1S/C15H16F2N4O/c16-6-9(7-18)8-22-11-3-4-12(13(17)5-11)15-19-14(20-21-15)10-1-2-10/h3-6,10H,1-2,7-8,18H2,(H,19,20,21)/b9-6-. The highest BCUT2D eigenvalue weighted by atomic mass is 19.1. The van der Waals surface area contributed by atoms with Crippen LogP contribution in [0.4, 0.5) is 8.78 Å². The topological polar surface area (TPSA) is 76.8 Å². The molecule has 1 heterocycles. The van der Waals surface area contributed by atoms with Crippen molar-refractivity contribution in [2.24, 2.45) is 5.73 Å². The van der Waals surface area contributed by atoms with E-state index in [-0.39, 0.29) is 13.2 Å². The Morgan fingerprint density at radius 3 is 2.91 bits per heavy atom. The van der Waals surface area contributed by atoms with E-state index >= 15 is 0 Å². The van der Waals surface area contributed by atoms with Crippen LogP contribution in [0.15, 0.2) is 30.1 Å². The van der Waals surface area contributed by atoms with Gasteiger partial charge in [-0.15, -0.1) is 0 Å². The number of rotatable bonds is 6. The molecule has 1 saturated carbocycles. The normalized spacial score (nSPS) is 15.1. The summed E-state index contributed by atoms with van der Waals surface area (Å²) in [5.74, 6) is 1.37. The van der Waals surface area contributed by atoms with Crippen molar-refractivity contribution in [3.05, 3.63) is 41.7 Å². The zero-order valence-corrected chi connectivity index (χ0v) is 11.9. The van der Waals surface area contributed by atoms with Gasteiger partial charge < -0.3 is 10.5 Å². The largest absolute Gasteiger partial charge is 0.489 e. The molecule has 0 bridgehead atoms. The van der Waals surface area contributed by atoms with Crippen molar-refractivity contribution in [1.29, 1.82) is 0 Å². The lowest BCUT2D eigenvalue weighted by Crippen LogP contribution is -2.10. The molecule has 1 aromatic carbocycles. The van der Waals surface area contributed by atoms with E-state index in [9.17, 15) is 8.78 Å². The second-order valence-electron chi connectivity index (χ2n) is 5.22. The van der Waals surface area contributed by atoms with Gasteiger partial charge in [0.25, 0.3) is 0 Å². The summed E-state index contributed by atoms with van der Waals surface area (Å²) < 4.78 is 31.8. The molecule has 116 valence electrons. The van der Waals surface area contributed by atoms with E-state index in [1.165, 1.54) is 6.07 Å². The first-order chi connectivity index (χ1) is 10.7. The molecule has 0 aliphatic heterocycles. The van der Waals surface area contributed by atoms with Crippen LogP contribution < -0.4 is 10.5 Å². The van der Waals surface area contributed by atoms with Crippen LogP contribution in [-0.4, -0.2) is 28.3 Å². The fourth-order valence-electron chi connectivity index (χ4n) is 2.01. The Morgan fingerprint density at radius 2 is 2.27 bits per heavy atom. The molecular weight excluding hydrogens is 290 g/mol. The molecule has 1 aromatic heterocycles. The Morgan fingerprint density at radius 1 is 1.45 bits per heavy atom. The number of nitrogens with two attached hydrogens (primary N) is 1. The Kier molecular flexibility index (Phi) is 4.15. The lowest BCUT2D eigenvalue weighted by Gasteiger charge is -2.08. The van der Waals surface area contributed by atoms with Gasteiger partial charge in [0.15, 0.2) is 5.82 Å². The molecule has 0 atom stereocenters. The third kappa shape index (κ3) is 3.14. The molecule has 1 aliphatic rings. The molecule has 5 nitrogen and oxygen atoms in total. The van der Waals surface area contributed by atoms with Crippen LogP contribution >= 0.6 is 0 Å². The monoisotopic (exact) mass is 306 g/mol. The molecule has 1 aliphatic carbocycles. The molecule has 7 heteroatoms. The molecule has 3 rings (SSSR count). The van der Waals surface area contributed by atoms with E-state index in [0.29, 0.717) is 35.0 Å². The Bertz CT molecular complexity index is 695. The minimum absolute atomic E-state index is 0.0156. The van der Waals surface area contributed by atoms with E-state index in [1.54, 1.807) is 12.1 Å². The number of nitrogens with zero attached hydrogens (tertiary/aromatic N) is 2. The SMILES string of the molecule is NC/C(=C/F)COc1ccc(-c2n[nH]c(C3CC3)n2)c(F)c1. The summed E-state index contributed by atoms with van der Waals surface area (Å²) >= 11 is 0. The van der Waals surface area contributed by atoms with Crippen LogP contribution in [0.3, 0.4) is 0 Å². The summed E-state index contributed by atoms with van der Waals surface area (Å²) in [4.78, 5) is 4.31. The molecular formula is C15H16F2N4O. The van der Waals surface area contributed by atoms with Crippen LogP contribution in [0.2, 0.25) is 0 Å². The smallest absolute Gasteiger partial charge is 0.184 e. The van der Waals surface area contributed by atoms with Crippen molar-refractivity contribution in [3.8, 4) is 17.1 Å². The molecule has 0 radical (unpaired) electrons. The maximum atomic E-state index is 14.2. The van der Waals surface area contributed by atoms with Crippen molar-refractivity contribution < 1.29 is 13.5 Å². The molecule has 1 fully saturated rings. The summed E-state index contributed by atoms with van der Waals surface area (Å²) in [6.07, 6.45) is 2.59. The number of aromatic amines is 1. The van der Waals surface area contributed by atoms with Gasteiger partial charge >= 0.3 is 0 Å². The van der Waals surface area contributed by atoms with Crippen molar-refractivity contribution in [1.82, 2.24) is 15.2 Å². The molecule has 2 aromatic rings. The predicted molar refractivity (Wildman–Crippen MR) is 77.5 cm³/mol. The van der Waals surface area contributed by atoms with Gasteiger partial charge in [-0.05, 0) is 25.0 Å². The molecule has 3 N–H and O–H groups in total. The predicted octanol–water partition coefficient (Wildman–Crippen LogP) is 2.68. The molecule has 0 saturated heterocycles. The summed E-state index contributed by atoms with van der Waals surface area (Å²) in [5, 5.41) is 6.89. The summed E-state index contributed by atoms with van der Waals surface area (Å²) in [5.41, 5.74) is 5.93. The highest BCUT2D eigenvalue weighted by Crippen LogP contribution is 2.38. The number of ether oxygens (including phenoxy) is 1. The zero-order chi connectivity index (χ0) is 15.5. The van der Waals surface area contributed by atoms with Crippen molar-refractivity contribution in [2.45, 2.75) is 18.8 Å². The van der Waals surface area contributed by atoms with Gasteiger partial charge in [0.1, 0.15) is 24.0 Å². The fourth-order valence-corrected chi connectivity index (χ4v) is 2.01. The van der Waals surface area contributed by atoms with E-state index in [1.807, 2.05) is 0 Å². The Labute approximate surface area is 126 Å². The number of nitrogens with one attached hydrogen (secondary N) is 1. The van der Waals surface area contributed by atoms with E-state index < -0.39 is 5.82 Å². The van der Waals surface area contributed by atoms with Crippen LogP contribution in [0, 0.1) is 5.82 Å². The Balaban J connectivity index is 1.73. The molecule has 0 spiro atoms. The zero-order valence-electron chi connectivity index (χ0n) is 11.9. The average Bonchev–Trinajstić information content (AvgIpc) is 3.27. The minimum Gasteiger partial charge on any atom is -0.489 e. The third-order valence-corrected chi connectivity index (χ3v) is 3.49. The molecule has 22 heavy (non-hydrogen) atoms. The second-order valence-corrected chi connectivity index (χ2v) is 5.22. The van der Waals surface area contributed by atoms with Gasteiger partial charge in [-0.2, -0.15) is 5.10 Å². The second kappa shape index (κ2) is 6.23. The lowest BCUT2D eigenvalue weighted by atomic mass is 10.2. The number of benzene rings is 1. The van der Waals surface area contributed by atoms with Crippen molar-refractivity contribution >= 4 is 0 Å². The maximum Gasteiger partial charge on any atom is 0.184 e. The van der Waals surface area contributed by atoms with Crippen LogP contribution in [0.5, 0.6) is 5.75 Å². The first kappa shape index (κ1) is 14.6. The quantitative estimate of drug-likeness (QED) is 0.860. The molecule has 0 unspecified atom stereocenters. The number of H-pyrrole nitrogens is 1. The highest BCUT2D eigenvalue weighted by Gasteiger charge is 2.27. The van der Waals surface area contributed by atoms with E-state index in [0.717, 1.165) is 18.7 Å². The van der Waals surface area contributed by atoms with E-state index in [4.69, 9.17) is 10.5 Å². The van der Waals surface area contributed by atoms with Gasteiger partial charge in [0.05, 0.1) is 11.9 Å². The van der Waals surface area contributed by atoms with Crippen LogP contribution in [0.1, 0.15) is 24.6 Å². The first-order valence-electron chi connectivity index (χ1n) is 7.04. The van der Waals surface area contributed by atoms with Crippen LogP contribution in [-0.2, 0) is 0 Å². The van der Waals surface area contributed by atoms with Crippen molar-refractivity contribution in [2.75, 3.05) is 13.2 Å². The van der Waals surface area contributed by atoms with Gasteiger partial charge in [-0.3, -0.25) is 5.10 Å². The van der Waals surface area contributed by atoms with Gasteiger partial charge in [-0.1, -0.05) is 0 Å². The number of halogens is 2. The summed E-state index contributed by atoms with van der Waals surface area (Å²) in [6, 6.07) is 4.37. The average molecular weight is 306 g/mol. The fraction of sp³-hybridized carbons (Fsp3) is 0.333. The van der Waals surface area contributed by atoms with Gasteiger partial charge in [-0.25, -0.2) is 13.8 Å². The van der Waals surface area contributed by atoms with Gasteiger partial charge in [0.2, 0.25) is 0 Å². The highest BCUT2D eigenvalue weighted by molar-refractivity contribution is 5.57.